The van der Waals surface area contributed by atoms with Crippen molar-refractivity contribution in [3.8, 4) is 0 Å². The van der Waals surface area contributed by atoms with Crippen LogP contribution < -0.4 is 10.6 Å². The average Bonchev–Trinajstić information content (AvgIpc) is 2.99. The molecule has 6 heteroatoms. The molecule has 0 fully saturated rings. The second-order valence-corrected chi connectivity index (χ2v) is 6.11. The number of fused-ring (bicyclic) bond motifs is 1. The minimum Gasteiger partial charge on any atom is -0.327 e. The molecule has 3 aromatic rings. The zero-order chi connectivity index (χ0) is 16.5. The minimum absolute atomic E-state index is 0.239. The van der Waals surface area contributed by atoms with Gasteiger partial charge in [0, 0.05) is 10.6 Å². The summed E-state index contributed by atoms with van der Waals surface area (Å²) < 4.78 is 1.81. The predicted molar refractivity (Wildman–Crippen MR) is 93.2 cm³/mol. The van der Waals surface area contributed by atoms with Gasteiger partial charge in [-0.1, -0.05) is 54.1 Å². The van der Waals surface area contributed by atoms with Gasteiger partial charge >= 0.3 is 6.03 Å². The highest BCUT2D eigenvalue weighted by molar-refractivity contribution is 6.30. The molecule has 0 saturated heterocycles. The third kappa shape index (κ3) is 2.74. The van der Waals surface area contributed by atoms with Crippen molar-refractivity contribution < 1.29 is 4.79 Å². The van der Waals surface area contributed by atoms with E-state index in [-0.39, 0.29) is 12.1 Å². The molecule has 4 rings (SSSR count). The Bertz CT molecular complexity index is 874. The first-order valence-electron chi connectivity index (χ1n) is 7.63. The van der Waals surface area contributed by atoms with E-state index in [0.29, 0.717) is 11.6 Å². The number of anilines is 1. The SMILES string of the molecule is O=C1Nc2c(cnn2Cc2ccccc2)[C@H](c2ccc(Cl)cc2)N1. The van der Waals surface area contributed by atoms with Crippen molar-refractivity contribution in [3.63, 3.8) is 0 Å². The van der Waals surface area contributed by atoms with Gasteiger partial charge < -0.3 is 5.32 Å². The van der Waals surface area contributed by atoms with Gasteiger partial charge in [0.05, 0.1) is 18.8 Å². The van der Waals surface area contributed by atoms with E-state index in [0.717, 1.165) is 22.5 Å². The van der Waals surface area contributed by atoms with Gasteiger partial charge in [-0.3, -0.25) is 5.32 Å². The van der Waals surface area contributed by atoms with Crippen LogP contribution in [0.1, 0.15) is 22.7 Å². The van der Waals surface area contributed by atoms with Crippen LogP contribution >= 0.6 is 11.6 Å². The molecule has 0 bridgehead atoms. The topological polar surface area (TPSA) is 59.0 Å². The third-order valence-corrected chi connectivity index (χ3v) is 4.32. The number of rotatable bonds is 3. The summed E-state index contributed by atoms with van der Waals surface area (Å²) in [5.74, 6) is 0.725. The summed E-state index contributed by atoms with van der Waals surface area (Å²) in [5, 5.41) is 10.9. The second-order valence-electron chi connectivity index (χ2n) is 5.67. The molecule has 2 N–H and O–H groups in total. The van der Waals surface area contributed by atoms with E-state index >= 15 is 0 Å². The smallest absolute Gasteiger partial charge is 0.321 e. The molecule has 0 spiro atoms. The molecule has 1 atom stereocenters. The van der Waals surface area contributed by atoms with Gasteiger partial charge in [0.15, 0.2) is 0 Å². The molecular formula is C18H15ClN4O. The Hall–Kier alpha value is -2.79. The van der Waals surface area contributed by atoms with Gasteiger partial charge in [-0.05, 0) is 23.3 Å². The molecule has 1 aromatic heterocycles. The number of nitrogens with zero attached hydrogens (tertiary/aromatic N) is 2. The van der Waals surface area contributed by atoms with Gasteiger partial charge in [0.1, 0.15) is 5.82 Å². The Labute approximate surface area is 144 Å². The first-order valence-corrected chi connectivity index (χ1v) is 8.01. The van der Waals surface area contributed by atoms with Crippen LogP contribution in [0.15, 0.2) is 60.8 Å². The Kier molecular flexibility index (Phi) is 3.70. The lowest BCUT2D eigenvalue weighted by atomic mass is 9.99. The molecule has 1 aliphatic heterocycles. The number of nitrogens with one attached hydrogen (secondary N) is 2. The quantitative estimate of drug-likeness (QED) is 0.763. The Morgan fingerprint density at radius 3 is 2.58 bits per heavy atom. The van der Waals surface area contributed by atoms with Crippen LogP contribution in [0.4, 0.5) is 10.6 Å². The summed E-state index contributed by atoms with van der Waals surface area (Å²) in [6.45, 7) is 0.601. The van der Waals surface area contributed by atoms with E-state index in [1.807, 2.05) is 59.3 Å². The van der Waals surface area contributed by atoms with E-state index < -0.39 is 0 Å². The summed E-state index contributed by atoms with van der Waals surface area (Å²) in [4.78, 5) is 12.1. The molecule has 5 nitrogen and oxygen atoms in total. The van der Waals surface area contributed by atoms with Crippen LogP contribution in [0, 0.1) is 0 Å². The second kappa shape index (κ2) is 6.02. The van der Waals surface area contributed by atoms with Crippen LogP contribution in [-0.4, -0.2) is 15.8 Å². The highest BCUT2D eigenvalue weighted by Gasteiger charge is 2.29. The van der Waals surface area contributed by atoms with Crippen molar-refractivity contribution >= 4 is 23.4 Å². The fraction of sp³-hybridized carbons (Fsp3) is 0.111. The number of carbonyl (C=O) groups is 1. The molecule has 0 aliphatic carbocycles. The number of benzene rings is 2. The lowest BCUT2D eigenvalue weighted by Gasteiger charge is -2.25. The van der Waals surface area contributed by atoms with E-state index in [1.165, 1.54) is 0 Å². The van der Waals surface area contributed by atoms with Crippen molar-refractivity contribution in [1.29, 1.82) is 0 Å². The highest BCUT2D eigenvalue weighted by atomic mass is 35.5. The Morgan fingerprint density at radius 1 is 1.08 bits per heavy atom. The van der Waals surface area contributed by atoms with Crippen molar-refractivity contribution in [2.75, 3.05) is 5.32 Å². The van der Waals surface area contributed by atoms with E-state index in [9.17, 15) is 4.79 Å². The first kappa shape index (κ1) is 14.8. The minimum atomic E-state index is -0.240. The lowest BCUT2D eigenvalue weighted by molar-refractivity contribution is 0.248. The molecule has 120 valence electrons. The highest BCUT2D eigenvalue weighted by Crippen LogP contribution is 2.32. The summed E-state index contributed by atoms with van der Waals surface area (Å²) in [6, 6.07) is 17.0. The van der Waals surface area contributed by atoms with Crippen molar-refractivity contribution in [1.82, 2.24) is 15.1 Å². The number of hydrogen-bond donors (Lipinski definition) is 2. The normalized spacial score (nSPS) is 16.2. The van der Waals surface area contributed by atoms with Crippen molar-refractivity contribution in [2.24, 2.45) is 0 Å². The van der Waals surface area contributed by atoms with Crippen molar-refractivity contribution in [2.45, 2.75) is 12.6 Å². The summed E-state index contributed by atoms with van der Waals surface area (Å²) in [6.07, 6.45) is 1.80. The van der Waals surface area contributed by atoms with Crippen LogP contribution in [0.3, 0.4) is 0 Å². The lowest BCUT2D eigenvalue weighted by Crippen LogP contribution is -2.38. The first-order chi connectivity index (χ1) is 11.7. The maximum atomic E-state index is 12.1. The maximum absolute atomic E-state index is 12.1. The van der Waals surface area contributed by atoms with Crippen LogP contribution in [0.2, 0.25) is 5.02 Å². The maximum Gasteiger partial charge on any atom is 0.321 e. The molecule has 1 aliphatic rings. The number of urea groups is 1. The number of aromatic nitrogens is 2. The molecule has 2 heterocycles. The third-order valence-electron chi connectivity index (χ3n) is 4.06. The standard InChI is InChI=1S/C18H15ClN4O/c19-14-8-6-13(7-9-14)16-15-10-20-23(17(15)22-18(24)21-16)11-12-4-2-1-3-5-12/h1-10,16H,11H2,(H2,21,22,24)/t16-/m0/s1. The molecule has 0 unspecified atom stereocenters. The number of hydrogen-bond acceptors (Lipinski definition) is 2. The summed E-state index contributed by atoms with van der Waals surface area (Å²) >= 11 is 5.96. The van der Waals surface area contributed by atoms with Crippen LogP contribution in [0.5, 0.6) is 0 Å². The molecule has 2 amide bonds. The van der Waals surface area contributed by atoms with Crippen LogP contribution in [-0.2, 0) is 6.54 Å². The van der Waals surface area contributed by atoms with Crippen LogP contribution in [0.25, 0.3) is 0 Å². The summed E-state index contributed by atoms with van der Waals surface area (Å²) in [7, 11) is 0. The molecule has 0 saturated carbocycles. The molecule has 0 radical (unpaired) electrons. The molecule has 2 aromatic carbocycles. The van der Waals surface area contributed by atoms with Gasteiger partial charge in [-0.2, -0.15) is 5.10 Å². The monoisotopic (exact) mass is 338 g/mol. The number of carbonyl (C=O) groups excluding carboxylic acids is 1. The van der Waals surface area contributed by atoms with Gasteiger partial charge in [0.25, 0.3) is 0 Å². The van der Waals surface area contributed by atoms with Crippen molar-refractivity contribution in [3.05, 3.63) is 82.5 Å². The number of amides is 2. The van der Waals surface area contributed by atoms with E-state index in [4.69, 9.17) is 11.6 Å². The molecular weight excluding hydrogens is 324 g/mol. The zero-order valence-corrected chi connectivity index (χ0v) is 13.5. The summed E-state index contributed by atoms with van der Waals surface area (Å²) in [5.41, 5.74) is 3.03. The van der Waals surface area contributed by atoms with Gasteiger partial charge in [-0.15, -0.1) is 0 Å². The fourth-order valence-electron chi connectivity index (χ4n) is 2.89. The fourth-order valence-corrected chi connectivity index (χ4v) is 3.02. The number of halogens is 1. The van der Waals surface area contributed by atoms with E-state index in [1.54, 1.807) is 6.20 Å². The largest absolute Gasteiger partial charge is 0.327 e. The zero-order valence-electron chi connectivity index (χ0n) is 12.7. The Morgan fingerprint density at radius 2 is 1.83 bits per heavy atom. The van der Waals surface area contributed by atoms with Gasteiger partial charge in [0.2, 0.25) is 0 Å². The Balaban J connectivity index is 1.70. The van der Waals surface area contributed by atoms with E-state index in [2.05, 4.69) is 15.7 Å². The predicted octanol–water partition coefficient (Wildman–Crippen LogP) is 3.81. The molecule has 24 heavy (non-hydrogen) atoms. The van der Waals surface area contributed by atoms with Gasteiger partial charge in [-0.25, -0.2) is 9.48 Å². The average molecular weight is 339 g/mol.